The second kappa shape index (κ2) is 6.29. The molecule has 3 heterocycles. The SMILES string of the molecule is Cn1cc(-c2cc(N)ccc2OCC2CCOC2)c2cc[nH]c2c1=O. The number of fused-ring (bicyclic) bond motifs is 1. The van der Waals surface area contributed by atoms with Crippen molar-refractivity contribution in [3.63, 3.8) is 0 Å². The van der Waals surface area contributed by atoms with Crippen LogP contribution in [0.25, 0.3) is 22.0 Å². The van der Waals surface area contributed by atoms with Gasteiger partial charge in [0, 0.05) is 54.2 Å². The van der Waals surface area contributed by atoms with Crippen LogP contribution in [0.3, 0.4) is 0 Å². The number of nitrogens with zero attached hydrogens (tertiary/aromatic N) is 1. The van der Waals surface area contributed by atoms with Crippen LogP contribution in [0.5, 0.6) is 5.75 Å². The summed E-state index contributed by atoms with van der Waals surface area (Å²) in [6, 6.07) is 7.53. The van der Waals surface area contributed by atoms with Crippen molar-refractivity contribution >= 4 is 16.6 Å². The first-order chi connectivity index (χ1) is 12.1. The molecule has 25 heavy (non-hydrogen) atoms. The lowest BCUT2D eigenvalue weighted by Crippen LogP contribution is -2.17. The highest BCUT2D eigenvalue weighted by molar-refractivity contribution is 5.96. The highest BCUT2D eigenvalue weighted by atomic mass is 16.5. The first kappa shape index (κ1) is 15.8. The number of H-pyrrole nitrogens is 1. The predicted molar refractivity (Wildman–Crippen MR) is 97.8 cm³/mol. The lowest BCUT2D eigenvalue weighted by Gasteiger charge is -2.16. The summed E-state index contributed by atoms with van der Waals surface area (Å²) >= 11 is 0. The predicted octanol–water partition coefficient (Wildman–Crippen LogP) is 2.53. The molecule has 1 saturated heterocycles. The zero-order valence-corrected chi connectivity index (χ0v) is 14.1. The summed E-state index contributed by atoms with van der Waals surface area (Å²) in [6.45, 7) is 2.15. The van der Waals surface area contributed by atoms with Crippen molar-refractivity contribution in [2.24, 2.45) is 13.0 Å². The lowest BCUT2D eigenvalue weighted by molar-refractivity contribution is 0.167. The number of aromatic amines is 1. The van der Waals surface area contributed by atoms with Gasteiger partial charge in [-0.05, 0) is 30.7 Å². The van der Waals surface area contributed by atoms with Crippen molar-refractivity contribution in [3.05, 3.63) is 47.0 Å². The molecule has 1 unspecified atom stereocenters. The Balaban J connectivity index is 1.79. The third-order valence-corrected chi connectivity index (χ3v) is 4.69. The van der Waals surface area contributed by atoms with E-state index in [0.717, 1.165) is 41.9 Å². The molecule has 6 nitrogen and oxygen atoms in total. The third-order valence-electron chi connectivity index (χ3n) is 4.69. The van der Waals surface area contributed by atoms with Gasteiger partial charge in [0.1, 0.15) is 11.3 Å². The average Bonchev–Trinajstić information content (AvgIpc) is 3.28. The molecule has 0 aliphatic carbocycles. The summed E-state index contributed by atoms with van der Waals surface area (Å²) in [5.74, 6) is 1.18. The van der Waals surface area contributed by atoms with Crippen molar-refractivity contribution < 1.29 is 9.47 Å². The quantitative estimate of drug-likeness (QED) is 0.716. The van der Waals surface area contributed by atoms with Gasteiger partial charge in [-0.3, -0.25) is 4.79 Å². The Kier molecular flexibility index (Phi) is 3.97. The number of benzene rings is 1. The van der Waals surface area contributed by atoms with E-state index in [1.54, 1.807) is 17.8 Å². The number of nitrogens with one attached hydrogen (secondary N) is 1. The lowest BCUT2D eigenvalue weighted by atomic mass is 10.0. The van der Waals surface area contributed by atoms with Gasteiger partial charge in [0.15, 0.2) is 0 Å². The second-order valence-electron chi connectivity index (χ2n) is 6.52. The molecule has 0 radical (unpaired) electrons. The van der Waals surface area contributed by atoms with E-state index in [1.807, 2.05) is 30.5 Å². The molecule has 1 fully saturated rings. The average molecular weight is 339 g/mol. The Labute approximate surface area is 145 Å². The standard InChI is InChI=1S/C19H21N3O3/c1-22-9-16(14-4-6-21-18(14)19(22)23)15-8-13(20)2-3-17(15)25-11-12-5-7-24-10-12/h2-4,6,8-9,12,21H,5,7,10-11,20H2,1H3. The largest absolute Gasteiger partial charge is 0.493 e. The molecular weight excluding hydrogens is 318 g/mol. The van der Waals surface area contributed by atoms with E-state index in [9.17, 15) is 4.79 Å². The normalized spacial score (nSPS) is 17.2. The molecular formula is C19H21N3O3. The Bertz CT molecular complexity index is 968. The summed E-state index contributed by atoms with van der Waals surface area (Å²) in [5.41, 5.74) is 9.01. The highest BCUT2D eigenvalue weighted by Gasteiger charge is 2.19. The number of aromatic nitrogens is 2. The van der Waals surface area contributed by atoms with E-state index >= 15 is 0 Å². The van der Waals surface area contributed by atoms with E-state index in [0.29, 0.717) is 23.7 Å². The summed E-state index contributed by atoms with van der Waals surface area (Å²) < 4.78 is 13.1. The van der Waals surface area contributed by atoms with Crippen LogP contribution in [0.1, 0.15) is 6.42 Å². The van der Waals surface area contributed by atoms with Crippen LogP contribution in [0.15, 0.2) is 41.5 Å². The number of nitrogens with two attached hydrogens (primary N) is 1. The van der Waals surface area contributed by atoms with Crippen LogP contribution in [0.4, 0.5) is 5.69 Å². The molecule has 1 aliphatic heterocycles. The minimum atomic E-state index is -0.0572. The number of anilines is 1. The monoisotopic (exact) mass is 339 g/mol. The van der Waals surface area contributed by atoms with Crippen LogP contribution < -0.4 is 16.0 Å². The number of nitrogen functional groups attached to an aromatic ring is 1. The van der Waals surface area contributed by atoms with Crippen LogP contribution >= 0.6 is 0 Å². The Hall–Kier alpha value is -2.73. The van der Waals surface area contributed by atoms with Gasteiger partial charge in [0.2, 0.25) is 0 Å². The molecule has 1 aromatic carbocycles. The van der Waals surface area contributed by atoms with Crippen LogP contribution in [-0.2, 0) is 11.8 Å². The molecule has 6 heteroatoms. The molecule has 4 rings (SSSR count). The van der Waals surface area contributed by atoms with Crippen LogP contribution in [0, 0.1) is 5.92 Å². The van der Waals surface area contributed by atoms with Crippen LogP contribution in [-0.4, -0.2) is 29.4 Å². The fourth-order valence-electron chi connectivity index (χ4n) is 3.29. The van der Waals surface area contributed by atoms with Gasteiger partial charge in [-0.1, -0.05) is 0 Å². The summed E-state index contributed by atoms with van der Waals surface area (Å²) in [4.78, 5) is 15.3. The van der Waals surface area contributed by atoms with Gasteiger partial charge < -0.3 is 24.8 Å². The maximum absolute atomic E-state index is 12.3. The summed E-state index contributed by atoms with van der Waals surface area (Å²) in [5, 5.41) is 0.864. The van der Waals surface area contributed by atoms with Gasteiger partial charge in [-0.2, -0.15) is 0 Å². The Morgan fingerprint density at radius 2 is 2.24 bits per heavy atom. The maximum atomic E-state index is 12.3. The van der Waals surface area contributed by atoms with Gasteiger partial charge in [-0.15, -0.1) is 0 Å². The number of hydrogen-bond donors (Lipinski definition) is 2. The molecule has 3 aromatic rings. The third kappa shape index (κ3) is 2.89. The van der Waals surface area contributed by atoms with Gasteiger partial charge in [0.05, 0.1) is 13.2 Å². The molecule has 0 amide bonds. The minimum absolute atomic E-state index is 0.0572. The van der Waals surface area contributed by atoms with Crippen molar-refractivity contribution in [3.8, 4) is 16.9 Å². The number of pyridine rings is 1. The molecule has 3 N–H and O–H groups in total. The molecule has 0 saturated carbocycles. The molecule has 130 valence electrons. The first-order valence-corrected chi connectivity index (χ1v) is 8.40. The Morgan fingerprint density at radius 1 is 1.36 bits per heavy atom. The zero-order chi connectivity index (χ0) is 17.4. The van der Waals surface area contributed by atoms with Gasteiger partial charge >= 0.3 is 0 Å². The highest BCUT2D eigenvalue weighted by Crippen LogP contribution is 2.35. The topological polar surface area (TPSA) is 82.3 Å². The summed E-state index contributed by atoms with van der Waals surface area (Å²) in [6.07, 6.45) is 4.63. The fraction of sp³-hybridized carbons (Fsp3) is 0.316. The maximum Gasteiger partial charge on any atom is 0.274 e. The van der Waals surface area contributed by atoms with E-state index in [2.05, 4.69) is 4.98 Å². The van der Waals surface area contributed by atoms with E-state index in [-0.39, 0.29) is 5.56 Å². The second-order valence-corrected chi connectivity index (χ2v) is 6.52. The van der Waals surface area contributed by atoms with Crippen molar-refractivity contribution in [1.29, 1.82) is 0 Å². The number of aryl methyl sites for hydroxylation is 1. The van der Waals surface area contributed by atoms with E-state index in [4.69, 9.17) is 15.2 Å². The molecule has 0 spiro atoms. The van der Waals surface area contributed by atoms with Gasteiger partial charge in [-0.25, -0.2) is 0 Å². The fourth-order valence-corrected chi connectivity index (χ4v) is 3.29. The summed E-state index contributed by atoms with van der Waals surface area (Å²) in [7, 11) is 1.74. The number of rotatable bonds is 4. The van der Waals surface area contributed by atoms with Crippen molar-refractivity contribution in [2.45, 2.75) is 6.42 Å². The Morgan fingerprint density at radius 3 is 3.04 bits per heavy atom. The molecule has 2 aromatic heterocycles. The minimum Gasteiger partial charge on any atom is -0.493 e. The molecule has 0 bridgehead atoms. The number of hydrogen-bond acceptors (Lipinski definition) is 4. The zero-order valence-electron chi connectivity index (χ0n) is 14.1. The van der Waals surface area contributed by atoms with Crippen molar-refractivity contribution in [2.75, 3.05) is 25.6 Å². The van der Waals surface area contributed by atoms with Crippen molar-refractivity contribution in [1.82, 2.24) is 9.55 Å². The molecule has 1 aliphatic rings. The van der Waals surface area contributed by atoms with E-state index < -0.39 is 0 Å². The smallest absolute Gasteiger partial charge is 0.274 e. The molecule has 1 atom stereocenters. The van der Waals surface area contributed by atoms with Gasteiger partial charge in [0.25, 0.3) is 5.56 Å². The number of ether oxygens (including phenoxy) is 2. The first-order valence-electron chi connectivity index (χ1n) is 8.40. The van der Waals surface area contributed by atoms with E-state index in [1.165, 1.54) is 0 Å². The van der Waals surface area contributed by atoms with Crippen LogP contribution in [0.2, 0.25) is 0 Å².